The van der Waals surface area contributed by atoms with E-state index in [1.54, 1.807) is 36.4 Å². The number of rotatable bonds is 5. The molecule has 0 atom stereocenters. The summed E-state index contributed by atoms with van der Waals surface area (Å²) in [5, 5.41) is 11.9. The van der Waals surface area contributed by atoms with Crippen LogP contribution in [0.5, 0.6) is 0 Å². The number of anilines is 1. The number of aromatic nitrogens is 1. The van der Waals surface area contributed by atoms with Gasteiger partial charge < -0.3 is 15.4 Å². The molecule has 0 unspecified atom stereocenters. The Morgan fingerprint density at radius 1 is 1.06 bits per heavy atom. The highest BCUT2D eigenvalue weighted by molar-refractivity contribution is 6.35. The quantitative estimate of drug-likeness (QED) is 0.519. The smallest absolute Gasteiger partial charge is 0.256 e. The molecule has 3 aromatic rings. The van der Waals surface area contributed by atoms with Gasteiger partial charge in [-0.1, -0.05) is 18.2 Å². The molecule has 6 nitrogen and oxygen atoms in total. The fourth-order valence-electron chi connectivity index (χ4n) is 4.56. The summed E-state index contributed by atoms with van der Waals surface area (Å²) in [5.41, 5.74) is 5.74. The molecule has 0 fully saturated rings. The van der Waals surface area contributed by atoms with Gasteiger partial charge in [-0.15, -0.1) is 0 Å². The van der Waals surface area contributed by atoms with Crippen molar-refractivity contribution in [2.45, 2.75) is 25.7 Å². The summed E-state index contributed by atoms with van der Waals surface area (Å²) in [6.07, 6.45) is 3.69. The monoisotopic (exact) mass is 444 g/mol. The van der Waals surface area contributed by atoms with Crippen molar-refractivity contribution < 1.29 is 23.9 Å². The average molecular weight is 444 g/mol. The van der Waals surface area contributed by atoms with Gasteiger partial charge in [0.25, 0.3) is 5.91 Å². The molecule has 1 aliphatic carbocycles. The Hall–Kier alpha value is -3.84. The van der Waals surface area contributed by atoms with Gasteiger partial charge in [-0.25, -0.2) is 4.39 Å². The highest BCUT2D eigenvalue weighted by Gasteiger charge is 2.29. The minimum Gasteiger partial charge on any atom is -0.389 e. The lowest BCUT2D eigenvalue weighted by molar-refractivity contribution is -0.121. The largest absolute Gasteiger partial charge is 0.389 e. The van der Waals surface area contributed by atoms with E-state index in [0.29, 0.717) is 57.6 Å². The van der Waals surface area contributed by atoms with Crippen LogP contribution in [0, 0.1) is 5.82 Å². The van der Waals surface area contributed by atoms with Crippen molar-refractivity contribution in [1.29, 1.82) is 0 Å². The number of hydrogen-bond acceptors (Lipinski definition) is 4. The minimum absolute atomic E-state index is 0.0255. The number of aryl methyl sites for hydroxylation is 1. The van der Waals surface area contributed by atoms with E-state index in [0.717, 1.165) is 12.1 Å². The molecular formula is C26H21FN2O4. The molecule has 5 rings (SSSR count). The Kier molecular flexibility index (Phi) is 5.26. The molecule has 166 valence electrons. The summed E-state index contributed by atoms with van der Waals surface area (Å²) in [6, 6.07) is 11.2. The standard InChI is InChI=1S/C26H21FN2O4/c27-16-7-5-15(6-8-16)24-22(28-21-2-1-3-23(32)25(21)24)12-19-18-11-14(10-17(31)13-30)4-9-20(18)29-26(19)33/h4-9,11-12,28,30H,1-3,10,13H2,(H,29,33)/b19-12-. The number of aliphatic hydroxyl groups is 1. The number of nitrogens with one attached hydrogen (secondary N) is 2. The van der Waals surface area contributed by atoms with Gasteiger partial charge in [-0.3, -0.25) is 14.4 Å². The van der Waals surface area contributed by atoms with E-state index in [4.69, 9.17) is 5.11 Å². The summed E-state index contributed by atoms with van der Waals surface area (Å²) in [4.78, 5) is 40.6. The van der Waals surface area contributed by atoms with Crippen LogP contribution in [0.15, 0.2) is 42.5 Å². The van der Waals surface area contributed by atoms with Crippen molar-refractivity contribution >= 4 is 34.8 Å². The molecule has 2 heterocycles. The van der Waals surface area contributed by atoms with Crippen LogP contribution >= 0.6 is 0 Å². The Morgan fingerprint density at radius 3 is 2.61 bits per heavy atom. The lowest BCUT2D eigenvalue weighted by Crippen LogP contribution is -2.09. The zero-order valence-electron chi connectivity index (χ0n) is 17.7. The highest BCUT2D eigenvalue weighted by atomic mass is 19.1. The molecule has 0 radical (unpaired) electrons. The molecule has 1 aliphatic heterocycles. The predicted molar refractivity (Wildman–Crippen MR) is 122 cm³/mol. The highest BCUT2D eigenvalue weighted by Crippen LogP contribution is 2.39. The average Bonchev–Trinajstić information content (AvgIpc) is 3.32. The van der Waals surface area contributed by atoms with Crippen LogP contribution in [0.25, 0.3) is 22.8 Å². The lowest BCUT2D eigenvalue weighted by Gasteiger charge is -2.12. The van der Waals surface area contributed by atoms with E-state index in [1.807, 2.05) is 0 Å². The van der Waals surface area contributed by atoms with E-state index in [1.165, 1.54) is 12.1 Å². The fourth-order valence-corrected chi connectivity index (χ4v) is 4.56. The number of fused-ring (bicyclic) bond motifs is 2. The Bertz CT molecular complexity index is 1340. The number of aromatic amines is 1. The van der Waals surface area contributed by atoms with Crippen molar-refractivity contribution in [2.75, 3.05) is 11.9 Å². The van der Waals surface area contributed by atoms with Crippen LogP contribution in [0.3, 0.4) is 0 Å². The topological polar surface area (TPSA) is 99.3 Å². The van der Waals surface area contributed by atoms with E-state index in [9.17, 15) is 18.8 Å². The van der Waals surface area contributed by atoms with Gasteiger partial charge in [0.15, 0.2) is 11.6 Å². The first-order chi connectivity index (χ1) is 15.9. The molecule has 2 aliphatic rings. The molecule has 0 saturated heterocycles. The molecule has 1 aromatic heterocycles. The number of Topliss-reactive ketones (excluding diaryl/α,β-unsaturated/α-hetero) is 2. The fraction of sp³-hybridized carbons (Fsp3) is 0.192. The van der Waals surface area contributed by atoms with Crippen LogP contribution in [0.1, 0.15) is 45.7 Å². The number of ketones is 2. The second-order valence-electron chi connectivity index (χ2n) is 8.32. The first-order valence-electron chi connectivity index (χ1n) is 10.8. The second kappa shape index (κ2) is 8.26. The molecule has 2 aromatic carbocycles. The van der Waals surface area contributed by atoms with Crippen molar-refractivity contribution in [1.82, 2.24) is 4.98 Å². The van der Waals surface area contributed by atoms with Gasteiger partial charge in [-0.2, -0.15) is 0 Å². The number of carbonyl (C=O) groups excluding carboxylic acids is 3. The van der Waals surface area contributed by atoms with Gasteiger partial charge in [0, 0.05) is 46.6 Å². The van der Waals surface area contributed by atoms with E-state index in [2.05, 4.69) is 10.3 Å². The summed E-state index contributed by atoms with van der Waals surface area (Å²) in [6.45, 7) is -0.542. The third-order valence-corrected chi connectivity index (χ3v) is 6.08. The number of H-pyrrole nitrogens is 1. The van der Waals surface area contributed by atoms with Gasteiger partial charge in [-0.05, 0) is 54.3 Å². The van der Waals surface area contributed by atoms with Crippen molar-refractivity contribution in [3.05, 3.63) is 76.4 Å². The van der Waals surface area contributed by atoms with Crippen LogP contribution in [0.4, 0.5) is 10.1 Å². The number of carbonyl (C=O) groups is 3. The summed E-state index contributed by atoms with van der Waals surface area (Å²) < 4.78 is 13.6. The summed E-state index contributed by atoms with van der Waals surface area (Å²) in [7, 11) is 0. The van der Waals surface area contributed by atoms with Crippen LogP contribution in [-0.2, 0) is 22.4 Å². The number of amides is 1. The van der Waals surface area contributed by atoms with Crippen LogP contribution in [-0.4, -0.2) is 34.2 Å². The minimum atomic E-state index is -0.542. The van der Waals surface area contributed by atoms with Gasteiger partial charge >= 0.3 is 0 Å². The van der Waals surface area contributed by atoms with E-state index in [-0.39, 0.29) is 29.7 Å². The van der Waals surface area contributed by atoms with Crippen molar-refractivity contribution in [3.8, 4) is 11.1 Å². The molecule has 3 N–H and O–H groups in total. The maximum atomic E-state index is 13.6. The maximum absolute atomic E-state index is 13.6. The molecule has 1 amide bonds. The molecular weight excluding hydrogens is 423 g/mol. The summed E-state index contributed by atoms with van der Waals surface area (Å²) in [5.74, 6) is -0.951. The van der Waals surface area contributed by atoms with Crippen molar-refractivity contribution in [2.24, 2.45) is 0 Å². The van der Waals surface area contributed by atoms with Crippen LogP contribution in [0.2, 0.25) is 0 Å². The van der Waals surface area contributed by atoms with E-state index < -0.39 is 6.61 Å². The normalized spacial score (nSPS) is 16.0. The SMILES string of the molecule is O=C(CO)Cc1ccc2c(c1)/C(=C/c1[nH]c3c(c1-c1ccc(F)cc1)C(=O)CCC3)C(=O)N2. The Morgan fingerprint density at radius 2 is 1.85 bits per heavy atom. The number of aliphatic hydroxyl groups excluding tert-OH is 1. The Balaban J connectivity index is 1.65. The van der Waals surface area contributed by atoms with Gasteiger partial charge in [0.05, 0.1) is 5.57 Å². The third kappa shape index (κ3) is 3.81. The second-order valence-corrected chi connectivity index (χ2v) is 8.32. The van der Waals surface area contributed by atoms with Crippen LogP contribution < -0.4 is 5.32 Å². The zero-order chi connectivity index (χ0) is 23.1. The first-order valence-corrected chi connectivity index (χ1v) is 10.8. The summed E-state index contributed by atoms with van der Waals surface area (Å²) >= 11 is 0. The first kappa shape index (κ1) is 21.0. The molecule has 0 spiro atoms. The van der Waals surface area contributed by atoms with Gasteiger partial charge in [0.2, 0.25) is 0 Å². The molecule has 7 heteroatoms. The predicted octanol–water partition coefficient (Wildman–Crippen LogP) is 3.94. The molecule has 0 saturated carbocycles. The van der Waals surface area contributed by atoms with E-state index >= 15 is 0 Å². The number of benzene rings is 2. The number of halogens is 1. The lowest BCUT2D eigenvalue weighted by atomic mass is 9.90. The molecule has 0 bridgehead atoms. The Labute approximate surface area is 189 Å². The van der Waals surface area contributed by atoms with Crippen molar-refractivity contribution in [3.63, 3.8) is 0 Å². The van der Waals surface area contributed by atoms with Gasteiger partial charge in [0.1, 0.15) is 12.4 Å². The molecule has 33 heavy (non-hydrogen) atoms. The maximum Gasteiger partial charge on any atom is 0.256 e. The number of hydrogen-bond donors (Lipinski definition) is 3. The third-order valence-electron chi connectivity index (χ3n) is 6.08. The zero-order valence-corrected chi connectivity index (χ0v) is 17.7.